The van der Waals surface area contributed by atoms with E-state index in [1.807, 2.05) is 42.5 Å². The van der Waals surface area contributed by atoms with E-state index in [4.69, 9.17) is 16.0 Å². The van der Waals surface area contributed by atoms with Crippen LogP contribution in [0.15, 0.2) is 59.0 Å². The summed E-state index contributed by atoms with van der Waals surface area (Å²) >= 11 is 7.55. The molecule has 4 rings (SSSR count). The minimum absolute atomic E-state index is 0.776. The third-order valence-corrected chi connectivity index (χ3v) is 4.70. The molecule has 0 bridgehead atoms. The van der Waals surface area contributed by atoms with Gasteiger partial charge >= 0.3 is 0 Å². The van der Waals surface area contributed by atoms with Gasteiger partial charge < -0.3 is 9.73 Å². The lowest BCUT2D eigenvalue weighted by Crippen LogP contribution is -1.96. The molecule has 0 atom stereocenters. The summed E-state index contributed by atoms with van der Waals surface area (Å²) in [6, 6.07) is 18.3. The lowest BCUT2D eigenvalue weighted by Gasteiger charge is -2.04. The van der Waals surface area contributed by atoms with Crippen LogP contribution < -0.4 is 5.32 Å². The van der Waals surface area contributed by atoms with Crippen LogP contribution in [-0.4, -0.2) is 0 Å². The van der Waals surface area contributed by atoms with Crippen LogP contribution in [0.25, 0.3) is 21.9 Å². The van der Waals surface area contributed by atoms with Crippen molar-refractivity contribution in [2.75, 3.05) is 5.32 Å². The van der Waals surface area contributed by atoms with Gasteiger partial charge in [-0.25, -0.2) is 0 Å². The topological polar surface area (TPSA) is 25.2 Å². The number of fused-ring (bicyclic) bond motifs is 3. The normalized spacial score (nSPS) is 11.3. The Morgan fingerprint density at radius 1 is 0.952 bits per heavy atom. The van der Waals surface area contributed by atoms with Crippen molar-refractivity contribution >= 4 is 50.6 Å². The molecule has 2 aromatic carbocycles. The molecule has 0 saturated heterocycles. The molecule has 0 fully saturated rings. The molecule has 0 unspecified atom stereocenters. The van der Waals surface area contributed by atoms with Gasteiger partial charge in [0.15, 0.2) is 0 Å². The minimum Gasteiger partial charge on any atom is -0.456 e. The molecular formula is C17H12ClNOS. The van der Waals surface area contributed by atoms with Crippen molar-refractivity contribution in [3.63, 3.8) is 0 Å². The van der Waals surface area contributed by atoms with Crippen LogP contribution in [0.1, 0.15) is 4.88 Å². The molecule has 21 heavy (non-hydrogen) atoms. The van der Waals surface area contributed by atoms with Crippen molar-refractivity contribution in [1.29, 1.82) is 0 Å². The fraction of sp³-hybridized carbons (Fsp3) is 0.0588. The first-order chi connectivity index (χ1) is 10.3. The highest BCUT2D eigenvalue weighted by Gasteiger charge is 2.07. The maximum Gasteiger partial charge on any atom is 0.135 e. The van der Waals surface area contributed by atoms with Crippen LogP contribution in [-0.2, 0) is 6.54 Å². The van der Waals surface area contributed by atoms with E-state index in [-0.39, 0.29) is 0 Å². The van der Waals surface area contributed by atoms with Gasteiger partial charge in [0, 0.05) is 27.9 Å². The number of hydrogen-bond donors (Lipinski definition) is 1. The number of rotatable bonds is 3. The fourth-order valence-corrected chi connectivity index (χ4v) is 3.50. The fourth-order valence-electron chi connectivity index (χ4n) is 2.47. The van der Waals surface area contributed by atoms with Gasteiger partial charge in [0.1, 0.15) is 11.2 Å². The Labute approximate surface area is 131 Å². The number of benzene rings is 2. The van der Waals surface area contributed by atoms with Crippen LogP contribution in [0.4, 0.5) is 5.69 Å². The van der Waals surface area contributed by atoms with E-state index in [0.717, 1.165) is 38.5 Å². The van der Waals surface area contributed by atoms with E-state index in [1.54, 1.807) is 11.3 Å². The zero-order chi connectivity index (χ0) is 14.2. The summed E-state index contributed by atoms with van der Waals surface area (Å²) in [6.45, 7) is 0.776. The number of nitrogens with one attached hydrogen (secondary N) is 1. The van der Waals surface area contributed by atoms with Crippen molar-refractivity contribution in [2.24, 2.45) is 0 Å². The summed E-state index contributed by atoms with van der Waals surface area (Å²) in [5.41, 5.74) is 2.93. The number of hydrogen-bond acceptors (Lipinski definition) is 3. The number of halogens is 1. The van der Waals surface area contributed by atoms with Crippen molar-refractivity contribution in [2.45, 2.75) is 6.54 Å². The largest absolute Gasteiger partial charge is 0.456 e. The van der Waals surface area contributed by atoms with Crippen molar-refractivity contribution < 1.29 is 4.42 Å². The highest BCUT2D eigenvalue weighted by molar-refractivity contribution is 7.16. The predicted molar refractivity (Wildman–Crippen MR) is 90.4 cm³/mol. The Bertz CT molecular complexity index is 925. The van der Waals surface area contributed by atoms with Gasteiger partial charge in [-0.2, -0.15) is 0 Å². The van der Waals surface area contributed by atoms with Gasteiger partial charge in [-0.3, -0.25) is 0 Å². The first-order valence-electron chi connectivity index (χ1n) is 6.69. The molecule has 2 heterocycles. The molecule has 104 valence electrons. The molecule has 2 nitrogen and oxygen atoms in total. The number of thiophene rings is 1. The Balaban J connectivity index is 1.68. The second kappa shape index (κ2) is 5.10. The number of anilines is 1. The zero-order valence-corrected chi connectivity index (χ0v) is 12.7. The molecule has 0 radical (unpaired) electrons. The van der Waals surface area contributed by atoms with E-state index in [2.05, 4.69) is 17.4 Å². The molecule has 0 aliphatic rings. The van der Waals surface area contributed by atoms with E-state index < -0.39 is 0 Å². The Kier molecular flexibility index (Phi) is 3.09. The molecule has 4 aromatic rings. The molecule has 0 saturated carbocycles. The Morgan fingerprint density at radius 2 is 1.81 bits per heavy atom. The minimum atomic E-state index is 0.776. The molecular weight excluding hydrogens is 302 g/mol. The maximum atomic E-state index is 5.95. The molecule has 2 aromatic heterocycles. The Hall–Kier alpha value is -1.97. The summed E-state index contributed by atoms with van der Waals surface area (Å²) in [7, 11) is 0. The van der Waals surface area contributed by atoms with Crippen molar-refractivity contribution in [1.82, 2.24) is 0 Å². The Morgan fingerprint density at radius 3 is 2.67 bits per heavy atom. The van der Waals surface area contributed by atoms with E-state index in [1.165, 1.54) is 4.88 Å². The first kappa shape index (κ1) is 12.7. The van der Waals surface area contributed by atoms with Gasteiger partial charge in [-0.1, -0.05) is 29.8 Å². The number of furan rings is 1. The molecule has 0 amide bonds. The van der Waals surface area contributed by atoms with Crippen LogP contribution in [0.5, 0.6) is 0 Å². The van der Waals surface area contributed by atoms with Crippen molar-refractivity contribution in [3.05, 3.63) is 63.8 Å². The van der Waals surface area contributed by atoms with Gasteiger partial charge in [0.25, 0.3) is 0 Å². The first-order valence-corrected chi connectivity index (χ1v) is 7.88. The molecule has 0 aliphatic carbocycles. The SMILES string of the molecule is Clc1ccc(CNc2ccc3oc4ccccc4c3c2)s1. The molecule has 1 N–H and O–H groups in total. The number of para-hydroxylation sites is 1. The molecule has 0 aliphatic heterocycles. The highest BCUT2D eigenvalue weighted by atomic mass is 35.5. The second-order valence-corrected chi connectivity index (χ2v) is 6.67. The van der Waals surface area contributed by atoms with Crippen LogP contribution >= 0.6 is 22.9 Å². The van der Waals surface area contributed by atoms with Gasteiger partial charge in [-0.05, 0) is 36.4 Å². The van der Waals surface area contributed by atoms with E-state index >= 15 is 0 Å². The standard InChI is InChI=1S/C17H12ClNOS/c18-17-8-6-12(21-17)10-19-11-5-7-16-14(9-11)13-3-1-2-4-15(13)20-16/h1-9,19H,10H2. The average Bonchev–Trinajstić information content (AvgIpc) is 3.08. The highest BCUT2D eigenvalue weighted by Crippen LogP contribution is 2.31. The van der Waals surface area contributed by atoms with Gasteiger partial charge in [0.2, 0.25) is 0 Å². The third kappa shape index (κ3) is 2.39. The van der Waals surface area contributed by atoms with Gasteiger partial charge in [0.05, 0.1) is 4.34 Å². The lowest BCUT2D eigenvalue weighted by atomic mass is 10.1. The summed E-state index contributed by atoms with van der Waals surface area (Å²) in [5.74, 6) is 0. The van der Waals surface area contributed by atoms with E-state index in [9.17, 15) is 0 Å². The summed E-state index contributed by atoms with van der Waals surface area (Å²) < 4.78 is 6.65. The smallest absolute Gasteiger partial charge is 0.135 e. The van der Waals surface area contributed by atoms with Crippen LogP contribution in [0.3, 0.4) is 0 Å². The van der Waals surface area contributed by atoms with E-state index in [0.29, 0.717) is 0 Å². The second-order valence-electron chi connectivity index (χ2n) is 4.87. The zero-order valence-electron chi connectivity index (χ0n) is 11.1. The van der Waals surface area contributed by atoms with Crippen LogP contribution in [0.2, 0.25) is 4.34 Å². The predicted octanol–water partition coefficient (Wildman–Crippen LogP) is 5.91. The maximum absolute atomic E-state index is 5.95. The van der Waals surface area contributed by atoms with Crippen LogP contribution in [0, 0.1) is 0 Å². The van der Waals surface area contributed by atoms with Gasteiger partial charge in [-0.15, -0.1) is 11.3 Å². The third-order valence-electron chi connectivity index (χ3n) is 3.47. The lowest BCUT2D eigenvalue weighted by molar-refractivity contribution is 0.669. The summed E-state index contributed by atoms with van der Waals surface area (Å²) in [5, 5.41) is 5.72. The average molecular weight is 314 g/mol. The van der Waals surface area contributed by atoms with Crippen molar-refractivity contribution in [3.8, 4) is 0 Å². The summed E-state index contributed by atoms with van der Waals surface area (Å²) in [6.07, 6.45) is 0. The molecule has 4 heteroatoms. The summed E-state index contributed by atoms with van der Waals surface area (Å²) in [4.78, 5) is 1.22. The quantitative estimate of drug-likeness (QED) is 0.508. The monoisotopic (exact) mass is 313 g/mol. The molecule has 0 spiro atoms.